The van der Waals surface area contributed by atoms with Crippen LogP contribution in [0.5, 0.6) is 5.75 Å². The van der Waals surface area contributed by atoms with Gasteiger partial charge in [-0.2, -0.15) is 13.2 Å². The van der Waals surface area contributed by atoms with Crippen molar-refractivity contribution >= 4 is 5.69 Å². The van der Waals surface area contributed by atoms with Gasteiger partial charge in [-0.15, -0.1) is 0 Å². The van der Waals surface area contributed by atoms with Crippen LogP contribution in [0.4, 0.5) is 18.9 Å². The molecule has 0 bridgehead atoms. The second kappa shape index (κ2) is 5.91. The standard InChI is InChI=1S/C14H19F3N2O/c15-14(16,17)10-5-6-13(11(19)7-10)20-12-4-2-1-3-9(12)8-18/h5-7,9,12H,1-4,8,18-19H2. The molecule has 112 valence electrons. The molecule has 3 nitrogen and oxygen atoms in total. The van der Waals surface area contributed by atoms with Crippen molar-refractivity contribution in [3.63, 3.8) is 0 Å². The van der Waals surface area contributed by atoms with Gasteiger partial charge in [-0.25, -0.2) is 0 Å². The highest BCUT2D eigenvalue weighted by molar-refractivity contribution is 5.54. The second-order valence-corrected chi connectivity index (χ2v) is 5.19. The number of nitrogens with two attached hydrogens (primary N) is 2. The van der Waals surface area contributed by atoms with Crippen molar-refractivity contribution in [3.05, 3.63) is 23.8 Å². The molecule has 2 atom stereocenters. The van der Waals surface area contributed by atoms with Crippen LogP contribution in [0.2, 0.25) is 0 Å². The van der Waals surface area contributed by atoms with E-state index in [2.05, 4.69) is 0 Å². The molecular formula is C14H19F3N2O. The van der Waals surface area contributed by atoms with Crippen molar-refractivity contribution in [2.24, 2.45) is 11.7 Å². The highest BCUT2D eigenvalue weighted by atomic mass is 19.4. The number of benzene rings is 1. The Labute approximate surface area is 116 Å². The summed E-state index contributed by atoms with van der Waals surface area (Å²) in [6, 6.07) is 3.20. The third-order valence-corrected chi connectivity index (χ3v) is 3.76. The fourth-order valence-corrected chi connectivity index (χ4v) is 2.59. The zero-order valence-corrected chi connectivity index (χ0v) is 11.1. The number of ether oxygens (including phenoxy) is 1. The summed E-state index contributed by atoms with van der Waals surface area (Å²) >= 11 is 0. The summed E-state index contributed by atoms with van der Waals surface area (Å²) in [5.41, 5.74) is 10.6. The Bertz CT molecular complexity index is 462. The average molecular weight is 288 g/mol. The lowest BCUT2D eigenvalue weighted by atomic mass is 9.86. The number of nitrogen functional groups attached to an aromatic ring is 1. The summed E-state index contributed by atoms with van der Waals surface area (Å²) in [6.07, 6.45) is -0.444. The Morgan fingerprint density at radius 1 is 1.20 bits per heavy atom. The van der Waals surface area contributed by atoms with E-state index in [4.69, 9.17) is 16.2 Å². The summed E-state index contributed by atoms with van der Waals surface area (Å²) in [4.78, 5) is 0. The lowest BCUT2D eigenvalue weighted by Crippen LogP contribution is -2.35. The van der Waals surface area contributed by atoms with Crippen molar-refractivity contribution < 1.29 is 17.9 Å². The number of rotatable bonds is 3. The molecular weight excluding hydrogens is 269 g/mol. The molecule has 4 N–H and O–H groups in total. The first-order chi connectivity index (χ1) is 9.41. The maximum Gasteiger partial charge on any atom is 0.416 e. The Morgan fingerprint density at radius 3 is 2.50 bits per heavy atom. The van der Waals surface area contributed by atoms with Crippen molar-refractivity contribution in [1.29, 1.82) is 0 Å². The van der Waals surface area contributed by atoms with Gasteiger partial charge in [0.2, 0.25) is 0 Å². The highest BCUT2D eigenvalue weighted by Gasteiger charge is 2.31. The maximum atomic E-state index is 12.6. The van der Waals surface area contributed by atoms with Crippen molar-refractivity contribution in [1.82, 2.24) is 0 Å². The largest absolute Gasteiger partial charge is 0.488 e. The van der Waals surface area contributed by atoms with Gasteiger partial charge in [0.1, 0.15) is 11.9 Å². The van der Waals surface area contributed by atoms with Gasteiger partial charge in [-0.3, -0.25) is 0 Å². The molecule has 1 aromatic rings. The van der Waals surface area contributed by atoms with E-state index in [1.165, 1.54) is 6.07 Å². The van der Waals surface area contributed by atoms with Gasteiger partial charge in [-0.1, -0.05) is 6.42 Å². The fraction of sp³-hybridized carbons (Fsp3) is 0.571. The predicted molar refractivity (Wildman–Crippen MR) is 71.3 cm³/mol. The Balaban J connectivity index is 2.13. The summed E-state index contributed by atoms with van der Waals surface area (Å²) in [6.45, 7) is 0.519. The second-order valence-electron chi connectivity index (χ2n) is 5.19. The van der Waals surface area contributed by atoms with Crippen molar-refractivity contribution in [2.45, 2.75) is 38.0 Å². The van der Waals surface area contributed by atoms with Gasteiger partial charge in [0.25, 0.3) is 0 Å². The molecule has 0 spiro atoms. The van der Waals surface area contributed by atoms with E-state index >= 15 is 0 Å². The van der Waals surface area contributed by atoms with Crippen LogP contribution >= 0.6 is 0 Å². The minimum Gasteiger partial charge on any atom is -0.488 e. The molecule has 1 aliphatic carbocycles. The van der Waals surface area contributed by atoms with Gasteiger partial charge in [-0.05, 0) is 44.0 Å². The minimum atomic E-state index is -4.39. The molecule has 1 aliphatic rings. The lowest BCUT2D eigenvalue weighted by molar-refractivity contribution is -0.137. The third-order valence-electron chi connectivity index (χ3n) is 3.76. The van der Waals surface area contributed by atoms with Crippen LogP contribution in [0, 0.1) is 5.92 Å². The first kappa shape index (κ1) is 15.0. The smallest absolute Gasteiger partial charge is 0.416 e. The first-order valence-corrected chi connectivity index (χ1v) is 6.75. The van der Waals surface area contributed by atoms with Crippen molar-refractivity contribution in [2.75, 3.05) is 12.3 Å². The fourth-order valence-electron chi connectivity index (χ4n) is 2.59. The van der Waals surface area contributed by atoms with E-state index in [-0.39, 0.29) is 17.7 Å². The van der Waals surface area contributed by atoms with Crippen LogP contribution < -0.4 is 16.2 Å². The van der Waals surface area contributed by atoms with Gasteiger partial charge in [0, 0.05) is 5.92 Å². The Morgan fingerprint density at radius 2 is 1.90 bits per heavy atom. The van der Waals surface area contributed by atoms with Crippen molar-refractivity contribution in [3.8, 4) is 5.75 Å². The number of hydrogen-bond acceptors (Lipinski definition) is 3. The molecule has 1 aromatic carbocycles. The molecule has 0 aliphatic heterocycles. The molecule has 1 saturated carbocycles. The molecule has 0 saturated heterocycles. The molecule has 2 rings (SSSR count). The summed E-state index contributed by atoms with van der Waals surface area (Å²) in [5, 5.41) is 0. The predicted octanol–water partition coefficient (Wildman–Crippen LogP) is 3.18. The Kier molecular flexibility index (Phi) is 4.42. The van der Waals surface area contributed by atoms with Gasteiger partial charge in [0.05, 0.1) is 11.3 Å². The van der Waals surface area contributed by atoms with Crippen LogP contribution in [-0.4, -0.2) is 12.6 Å². The maximum absolute atomic E-state index is 12.6. The summed E-state index contributed by atoms with van der Waals surface area (Å²) < 4.78 is 43.5. The SMILES string of the molecule is NCC1CCCCC1Oc1ccc(C(F)(F)F)cc1N. The van der Waals surface area contributed by atoms with Gasteiger partial charge in [0.15, 0.2) is 0 Å². The average Bonchev–Trinajstić information content (AvgIpc) is 2.40. The highest BCUT2D eigenvalue weighted by Crippen LogP contribution is 2.35. The molecule has 6 heteroatoms. The zero-order valence-electron chi connectivity index (χ0n) is 11.1. The lowest BCUT2D eigenvalue weighted by Gasteiger charge is -2.31. The molecule has 1 fully saturated rings. The molecule has 0 amide bonds. The monoisotopic (exact) mass is 288 g/mol. The van der Waals surface area contributed by atoms with E-state index in [0.717, 1.165) is 37.8 Å². The zero-order chi connectivity index (χ0) is 14.8. The molecule has 20 heavy (non-hydrogen) atoms. The molecule has 0 aromatic heterocycles. The molecule has 0 heterocycles. The van der Waals surface area contributed by atoms with E-state index in [9.17, 15) is 13.2 Å². The van der Waals surface area contributed by atoms with Crippen LogP contribution in [0.25, 0.3) is 0 Å². The van der Waals surface area contributed by atoms with E-state index in [1.807, 2.05) is 0 Å². The van der Waals surface area contributed by atoms with Crippen LogP contribution in [-0.2, 0) is 6.18 Å². The van der Waals surface area contributed by atoms with Gasteiger partial charge >= 0.3 is 6.18 Å². The number of alkyl halides is 3. The molecule has 2 unspecified atom stereocenters. The van der Waals surface area contributed by atoms with E-state index in [0.29, 0.717) is 12.3 Å². The third kappa shape index (κ3) is 3.36. The quantitative estimate of drug-likeness (QED) is 0.840. The number of hydrogen-bond donors (Lipinski definition) is 2. The summed E-state index contributed by atoms with van der Waals surface area (Å²) in [7, 11) is 0. The Hall–Kier alpha value is -1.43. The topological polar surface area (TPSA) is 61.3 Å². The van der Waals surface area contributed by atoms with E-state index < -0.39 is 11.7 Å². The minimum absolute atomic E-state index is 0.0150. The van der Waals surface area contributed by atoms with Crippen LogP contribution in [0.15, 0.2) is 18.2 Å². The van der Waals surface area contributed by atoms with E-state index in [1.54, 1.807) is 0 Å². The van der Waals surface area contributed by atoms with Crippen LogP contribution in [0.1, 0.15) is 31.2 Å². The van der Waals surface area contributed by atoms with Crippen LogP contribution in [0.3, 0.4) is 0 Å². The normalized spacial score (nSPS) is 23.6. The first-order valence-electron chi connectivity index (χ1n) is 6.75. The number of anilines is 1. The van der Waals surface area contributed by atoms with Gasteiger partial charge < -0.3 is 16.2 Å². The number of halogens is 3. The molecule has 0 radical (unpaired) electrons. The summed E-state index contributed by atoms with van der Waals surface area (Å²) in [5.74, 6) is 0.550.